The first-order chi connectivity index (χ1) is 11.4. The van der Waals surface area contributed by atoms with Gasteiger partial charge in [0.25, 0.3) is 0 Å². The van der Waals surface area contributed by atoms with E-state index in [1.54, 1.807) is 0 Å². The molecule has 0 radical (unpaired) electrons. The van der Waals surface area contributed by atoms with Crippen LogP contribution in [0.3, 0.4) is 0 Å². The van der Waals surface area contributed by atoms with E-state index in [0.717, 1.165) is 43.6 Å². The SMILES string of the molecule is Cc1ccc(C)c(OCCCC(C)(C)C(=O)NCC2CCCO2)c1. The largest absolute Gasteiger partial charge is 0.493 e. The molecule has 1 saturated heterocycles. The van der Waals surface area contributed by atoms with Crippen LogP contribution < -0.4 is 10.1 Å². The van der Waals surface area contributed by atoms with E-state index in [-0.39, 0.29) is 17.4 Å². The molecular weight excluding hydrogens is 302 g/mol. The van der Waals surface area contributed by atoms with Gasteiger partial charge in [-0.25, -0.2) is 0 Å². The summed E-state index contributed by atoms with van der Waals surface area (Å²) >= 11 is 0. The highest BCUT2D eigenvalue weighted by Crippen LogP contribution is 2.24. The highest BCUT2D eigenvalue weighted by molar-refractivity contribution is 5.81. The topological polar surface area (TPSA) is 47.6 Å². The third-order valence-corrected chi connectivity index (χ3v) is 4.68. The Balaban J connectivity index is 1.71. The van der Waals surface area contributed by atoms with Crippen molar-refractivity contribution >= 4 is 5.91 Å². The first-order valence-corrected chi connectivity index (χ1v) is 8.98. The zero-order chi connectivity index (χ0) is 17.6. The van der Waals surface area contributed by atoms with Crippen LogP contribution in [0.25, 0.3) is 0 Å². The lowest BCUT2D eigenvalue weighted by atomic mass is 9.87. The molecule has 1 aromatic carbocycles. The van der Waals surface area contributed by atoms with Crippen LogP contribution in [0.2, 0.25) is 0 Å². The lowest BCUT2D eigenvalue weighted by molar-refractivity contribution is -0.130. The molecule has 1 unspecified atom stereocenters. The Morgan fingerprint density at radius 1 is 1.38 bits per heavy atom. The number of carbonyl (C=O) groups is 1. The van der Waals surface area contributed by atoms with Crippen LogP contribution in [0.4, 0.5) is 0 Å². The maximum absolute atomic E-state index is 12.4. The number of carbonyl (C=O) groups excluding carboxylic acids is 1. The number of ether oxygens (including phenoxy) is 2. The fourth-order valence-corrected chi connectivity index (χ4v) is 2.92. The fraction of sp³-hybridized carbons (Fsp3) is 0.650. The van der Waals surface area contributed by atoms with Crippen LogP contribution in [0.1, 0.15) is 50.7 Å². The summed E-state index contributed by atoms with van der Waals surface area (Å²) in [6, 6.07) is 6.23. The van der Waals surface area contributed by atoms with Gasteiger partial charge in [-0.1, -0.05) is 26.0 Å². The number of amides is 1. The first-order valence-electron chi connectivity index (χ1n) is 8.98. The summed E-state index contributed by atoms with van der Waals surface area (Å²) in [6.45, 7) is 10.2. The minimum atomic E-state index is -0.385. The lowest BCUT2D eigenvalue weighted by Gasteiger charge is -2.24. The zero-order valence-electron chi connectivity index (χ0n) is 15.5. The predicted octanol–water partition coefficient (Wildman–Crippen LogP) is 3.78. The van der Waals surface area contributed by atoms with E-state index in [4.69, 9.17) is 9.47 Å². The van der Waals surface area contributed by atoms with Crippen molar-refractivity contribution in [3.63, 3.8) is 0 Å². The molecule has 1 aromatic rings. The molecule has 1 fully saturated rings. The number of nitrogens with one attached hydrogen (secondary N) is 1. The van der Waals surface area contributed by atoms with E-state index >= 15 is 0 Å². The summed E-state index contributed by atoms with van der Waals surface area (Å²) in [5.41, 5.74) is 1.96. The molecule has 4 heteroatoms. The van der Waals surface area contributed by atoms with Gasteiger partial charge in [0.05, 0.1) is 12.7 Å². The Morgan fingerprint density at radius 2 is 2.17 bits per heavy atom. The smallest absolute Gasteiger partial charge is 0.225 e. The first kappa shape index (κ1) is 18.8. The molecule has 0 spiro atoms. The van der Waals surface area contributed by atoms with Gasteiger partial charge in [0.15, 0.2) is 0 Å². The van der Waals surface area contributed by atoms with Gasteiger partial charge >= 0.3 is 0 Å². The summed E-state index contributed by atoms with van der Waals surface area (Å²) < 4.78 is 11.4. The third-order valence-electron chi connectivity index (χ3n) is 4.68. The van der Waals surface area contributed by atoms with Gasteiger partial charge in [0.1, 0.15) is 5.75 Å². The van der Waals surface area contributed by atoms with Crippen LogP contribution >= 0.6 is 0 Å². The molecule has 24 heavy (non-hydrogen) atoms. The van der Waals surface area contributed by atoms with Crippen LogP contribution in [-0.2, 0) is 9.53 Å². The van der Waals surface area contributed by atoms with Gasteiger partial charge in [-0.3, -0.25) is 4.79 Å². The minimum absolute atomic E-state index is 0.102. The molecule has 1 aliphatic heterocycles. The highest BCUT2D eigenvalue weighted by atomic mass is 16.5. The monoisotopic (exact) mass is 333 g/mol. The number of rotatable bonds is 8. The lowest BCUT2D eigenvalue weighted by Crippen LogP contribution is -2.40. The van der Waals surface area contributed by atoms with Crippen LogP contribution in [0.15, 0.2) is 18.2 Å². The molecular formula is C20H31NO3. The predicted molar refractivity (Wildman–Crippen MR) is 96.4 cm³/mol. The molecule has 0 saturated carbocycles. The third kappa shape index (κ3) is 5.52. The molecule has 134 valence electrons. The van der Waals surface area contributed by atoms with Gasteiger partial charge in [0.2, 0.25) is 5.91 Å². The van der Waals surface area contributed by atoms with Crippen molar-refractivity contribution in [2.75, 3.05) is 19.8 Å². The molecule has 0 aliphatic carbocycles. The highest BCUT2D eigenvalue weighted by Gasteiger charge is 2.28. The Hall–Kier alpha value is -1.55. The Bertz CT molecular complexity index is 548. The van der Waals surface area contributed by atoms with Crippen LogP contribution in [0, 0.1) is 19.3 Å². The average Bonchev–Trinajstić information content (AvgIpc) is 3.05. The summed E-state index contributed by atoms with van der Waals surface area (Å²) in [7, 11) is 0. The molecule has 1 N–H and O–H groups in total. The van der Waals surface area contributed by atoms with E-state index in [9.17, 15) is 4.79 Å². The summed E-state index contributed by atoms with van der Waals surface area (Å²) in [5.74, 6) is 1.04. The Kier molecular flexibility index (Phi) is 6.67. The number of aryl methyl sites for hydroxylation is 2. The van der Waals surface area contributed by atoms with E-state index in [2.05, 4.69) is 37.4 Å². The summed E-state index contributed by atoms with van der Waals surface area (Å²) in [4.78, 5) is 12.4. The van der Waals surface area contributed by atoms with E-state index in [1.165, 1.54) is 5.56 Å². The van der Waals surface area contributed by atoms with E-state index in [1.807, 2.05) is 13.8 Å². The number of hydrogen-bond donors (Lipinski definition) is 1. The minimum Gasteiger partial charge on any atom is -0.493 e. The van der Waals surface area contributed by atoms with Gasteiger partial charge in [-0.05, 0) is 56.7 Å². The molecule has 1 amide bonds. The van der Waals surface area contributed by atoms with Gasteiger partial charge in [0, 0.05) is 18.6 Å². The van der Waals surface area contributed by atoms with Crippen molar-refractivity contribution in [3.8, 4) is 5.75 Å². The summed E-state index contributed by atoms with van der Waals surface area (Å²) in [5, 5.41) is 3.04. The van der Waals surface area contributed by atoms with E-state index < -0.39 is 0 Å². The molecule has 2 rings (SSSR count). The molecule has 0 bridgehead atoms. The maximum Gasteiger partial charge on any atom is 0.225 e. The standard InChI is InChI=1S/C20H31NO3/c1-15-8-9-16(2)18(13-15)24-12-6-10-20(3,4)19(22)21-14-17-7-5-11-23-17/h8-9,13,17H,5-7,10-12,14H2,1-4H3,(H,21,22). The van der Waals surface area contributed by atoms with Crippen molar-refractivity contribution in [1.82, 2.24) is 5.32 Å². The van der Waals surface area contributed by atoms with Gasteiger partial charge in [-0.2, -0.15) is 0 Å². The average molecular weight is 333 g/mol. The van der Waals surface area contributed by atoms with Crippen molar-refractivity contribution in [1.29, 1.82) is 0 Å². The fourth-order valence-electron chi connectivity index (χ4n) is 2.92. The van der Waals surface area contributed by atoms with E-state index in [0.29, 0.717) is 13.2 Å². The Labute approximate surface area is 145 Å². The van der Waals surface area contributed by atoms with Gasteiger partial charge in [-0.15, -0.1) is 0 Å². The Morgan fingerprint density at radius 3 is 2.88 bits per heavy atom. The second kappa shape index (κ2) is 8.52. The quantitative estimate of drug-likeness (QED) is 0.737. The van der Waals surface area contributed by atoms with Crippen molar-refractivity contribution < 1.29 is 14.3 Å². The molecule has 1 atom stereocenters. The van der Waals surface area contributed by atoms with Crippen molar-refractivity contribution in [3.05, 3.63) is 29.3 Å². The molecule has 1 aliphatic rings. The number of hydrogen-bond acceptors (Lipinski definition) is 3. The molecule has 0 aromatic heterocycles. The summed E-state index contributed by atoms with van der Waals surface area (Å²) in [6.07, 6.45) is 3.99. The normalized spacial score (nSPS) is 17.8. The van der Waals surface area contributed by atoms with Gasteiger partial charge < -0.3 is 14.8 Å². The zero-order valence-corrected chi connectivity index (χ0v) is 15.5. The maximum atomic E-state index is 12.4. The van der Waals surface area contributed by atoms with Crippen LogP contribution in [0.5, 0.6) is 5.75 Å². The second-order valence-electron chi connectivity index (χ2n) is 7.45. The van der Waals surface area contributed by atoms with Crippen molar-refractivity contribution in [2.45, 2.75) is 59.5 Å². The van der Waals surface area contributed by atoms with Crippen LogP contribution in [-0.4, -0.2) is 31.8 Å². The van der Waals surface area contributed by atoms with Crippen molar-refractivity contribution in [2.24, 2.45) is 5.41 Å². The molecule has 1 heterocycles. The number of benzene rings is 1. The molecule has 4 nitrogen and oxygen atoms in total. The second-order valence-corrected chi connectivity index (χ2v) is 7.45.